The fourth-order valence-electron chi connectivity index (χ4n) is 1.92. The van der Waals surface area contributed by atoms with E-state index in [4.69, 9.17) is 28.9 Å². The van der Waals surface area contributed by atoms with Gasteiger partial charge in [-0.3, -0.25) is 0 Å². The van der Waals surface area contributed by atoms with Crippen LogP contribution in [0.5, 0.6) is 0 Å². The van der Waals surface area contributed by atoms with Gasteiger partial charge in [0.25, 0.3) is 0 Å². The Hall–Kier alpha value is -1.69. The molecular formula is C14H10Cl2N4S. The molecule has 7 heteroatoms. The van der Waals surface area contributed by atoms with Crippen LogP contribution in [0.15, 0.2) is 30.5 Å². The van der Waals surface area contributed by atoms with Crippen LogP contribution < -0.4 is 5.73 Å². The Balaban J connectivity index is 2.12. The van der Waals surface area contributed by atoms with Gasteiger partial charge in [-0.25, -0.2) is 15.0 Å². The number of halogens is 2. The highest BCUT2D eigenvalue weighted by atomic mass is 35.5. The summed E-state index contributed by atoms with van der Waals surface area (Å²) in [6.45, 7) is 1.92. The molecule has 21 heavy (non-hydrogen) atoms. The number of nitrogens with zero attached hydrogens (tertiary/aromatic N) is 3. The Kier molecular flexibility index (Phi) is 3.80. The highest BCUT2D eigenvalue weighted by molar-refractivity contribution is 7.18. The van der Waals surface area contributed by atoms with Crippen molar-refractivity contribution < 1.29 is 0 Å². The first-order valence-electron chi connectivity index (χ1n) is 6.07. The van der Waals surface area contributed by atoms with Crippen LogP contribution in [0.4, 0.5) is 5.95 Å². The van der Waals surface area contributed by atoms with E-state index in [9.17, 15) is 0 Å². The Bertz CT molecular complexity index is 816. The van der Waals surface area contributed by atoms with Gasteiger partial charge in [0.15, 0.2) is 0 Å². The Morgan fingerprint density at radius 2 is 1.95 bits per heavy atom. The second-order valence-corrected chi connectivity index (χ2v) is 6.12. The first-order chi connectivity index (χ1) is 10.1. The molecule has 0 aliphatic heterocycles. The van der Waals surface area contributed by atoms with Crippen LogP contribution in [0.2, 0.25) is 10.0 Å². The van der Waals surface area contributed by atoms with Gasteiger partial charge in [0.2, 0.25) is 5.95 Å². The number of thiazole rings is 1. The van der Waals surface area contributed by atoms with Crippen molar-refractivity contribution in [2.75, 3.05) is 5.73 Å². The first-order valence-corrected chi connectivity index (χ1v) is 7.64. The molecule has 0 radical (unpaired) electrons. The van der Waals surface area contributed by atoms with Gasteiger partial charge in [-0.15, -0.1) is 11.3 Å². The number of rotatable bonds is 2. The fraction of sp³-hybridized carbons (Fsp3) is 0.0714. The molecule has 3 rings (SSSR count). The van der Waals surface area contributed by atoms with Crippen molar-refractivity contribution in [3.8, 4) is 21.1 Å². The van der Waals surface area contributed by atoms with Crippen molar-refractivity contribution in [2.45, 2.75) is 6.92 Å². The normalized spacial score (nSPS) is 10.8. The standard InChI is InChI=1S/C14H10Cl2N4S/c1-7-12(10-5-6-18-14(17)20-10)21-13(19-7)8-3-2-4-9(15)11(8)16/h2-6H,1H3,(H2,17,18,20). The summed E-state index contributed by atoms with van der Waals surface area (Å²) in [6, 6.07) is 7.30. The Morgan fingerprint density at radius 1 is 1.14 bits per heavy atom. The van der Waals surface area contributed by atoms with Crippen LogP contribution in [0.3, 0.4) is 0 Å². The third-order valence-electron chi connectivity index (χ3n) is 2.89. The summed E-state index contributed by atoms with van der Waals surface area (Å²) < 4.78 is 0. The molecule has 0 fully saturated rings. The minimum Gasteiger partial charge on any atom is -0.368 e. The van der Waals surface area contributed by atoms with Crippen molar-refractivity contribution in [3.05, 3.63) is 46.2 Å². The Labute approximate surface area is 135 Å². The highest BCUT2D eigenvalue weighted by Crippen LogP contribution is 2.39. The molecule has 0 bridgehead atoms. The van der Waals surface area contributed by atoms with Crippen molar-refractivity contribution >= 4 is 40.5 Å². The largest absolute Gasteiger partial charge is 0.368 e. The summed E-state index contributed by atoms with van der Waals surface area (Å²) >= 11 is 13.8. The fourth-order valence-corrected chi connectivity index (χ4v) is 3.43. The molecule has 0 amide bonds. The minimum absolute atomic E-state index is 0.239. The van der Waals surface area contributed by atoms with E-state index in [1.807, 2.05) is 19.1 Å². The molecule has 0 unspecified atom stereocenters. The molecule has 4 nitrogen and oxygen atoms in total. The molecule has 106 valence electrons. The maximum absolute atomic E-state index is 6.25. The monoisotopic (exact) mass is 336 g/mol. The second-order valence-electron chi connectivity index (χ2n) is 4.34. The van der Waals surface area contributed by atoms with Gasteiger partial charge in [0.1, 0.15) is 5.01 Å². The zero-order valence-electron chi connectivity index (χ0n) is 11.0. The summed E-state index contributed by atoms with van der Waals surface area (Å²) in [4.78, 5) is 13.6. The maximum Gasteiger partial charge on any atom is 0.220 e. The molecule has 0 aliphatic rings. The van der Waals surface area contributed by atoms with Gasteiger partial charge >= 0.3 is 0 Å². The third kappa shape index (κ3) is 2.72. The van der Waals surface area contributed by atoms with Crippen LogP contribution in [-0.2, 0) is 0 Å². The quantitative estimate of drug-likeness (QED) is 0.750. The Morgan fingerprint density at radius 3 is 2.71 bits per heavy atom. The molecule has 0 spiro atoms. The number of hydrogen-bond acceptors (Lipinski definition) is 5. The molecule has 2 N–H and O–H groups in total. The maximum atomic E-state index is 6.25. The number of aromatic nitrogens is 3. The number of nitrogen functional groups attached to an aromatic ring is 1. The van der Waals surface area contributed by atoms with Crippen LogP contribution in [0.25, 0.3) is 21.1 Å². The smallest absolute Gasteiger partial charge is 0.220 e. The van der Waals surface area contributed by atoms with Gasteiger partial charge in [0.05, 0.1) is 26.3 Å². The highest BCUT2D eigenvalue weighted by Gasteiger charge is 2.15. The van der Waals surface area contributed by atoms with Crippen molar-refractivity contribution in [2.24, 2.45) is 0 Å². The topological polar surface area (TPSA) is 64.7 Å². The van der Waals surface area contributed by atoms with Crippen LogP contribution in [0, 0.1) is 6.92 Å². The van der Waals surface area contributed by atoms with Gasteiger partial charge in [-0.1, -0.05) is 35.3 Å². The second kappa shape index (κ2) is 5.60. The van der Waals surface area contributed by atoms with Crippen molar-refractivity contribution in [3.63, 3.8) is 0 Å². The lowest BCUT2D eigenvalue weighted by atomic mass is 10.2. The number of anilines is 1. The van der Waals surface area contributed by atoms with Gasteiger partial charge in [0, 0.05) is 11.8 Å². The molecule has 0 saturated carbocycles. The minimum atomic E-state index is 0.239. The zero-order valence-corrected chi connectivity index (χ0v) is 13.3. The lowest BCUT2D eigenvalue weighted by Gasteiger charge is -2.01. The van der Waals surface area contributed by atoms with E-state index < -0.39 is 0 Å². The first kappa shape index (κ1) is 14.3. The van der Waals surface area contributed by atoms with Gasteiger partial charge < -0.3 is 5.73 Å². The molecule has 0 saturated heterocycles. The summed E-state index contributed by atoms with van der Waals surface area (Å²) in [6.07, 6.45) is 1.63. The van der Waals surface area contributed by atoms with E-state index in [2.05, 4.69) is 15.0 Å². The zero-order chi connectivity index (χ0) is 15.0. The number of aryl methyl sites for hydroxylation is 1. The SMILES string of the molecule is Cc1nc(-c2cccc(Cl)c2Cl)sc1-c1ccnc(N)n1. The summed E-state index contributed by atoms with van der Waals surface area (Å²) in [7, 11) is 0. The van der Waals surface area contributed by atoms with Crippen LogP contribution >= 0.6 is 34.5 Å². The molecular weight excluding hydrogens is 327 g/mol. The van der Waals surface area contributed by atoms with E-state index in [-0.39, 0.29) is 5.95 Å². The average molecular weight is 337 g/mol. The molecule has 2 heterocycles. The van der Waals surface area contributed by atoms with E-state index in [1.165, 1.54) is 11.3 Å². The van der Waals surface area contributed by atoms with Gasteiger partial charge in [-0.05, 0) is 19.1 Å². The lowest BCUT2D eigenvalue weighted by molar-refractivity contribution is 1.18. The van der Waals surface area contributed by atoms with E-state index in [1.54, 1.807) is 18.3 Å². The van der Waals surface area contributed by atoms with E-state index >= 15 is 0 Å². The van der Waals surface area contributed by atoms with E-state index in [0.717, 1.165) is 26.8 Å². The average Bonchev–Trinajstić information content (AvgIpc) is 2.84. The number of hydrogen-bond donors (Lipinski definition) is 1. The number of nitrogens with two attached hydrogens (primary N) is 1. The molecule has 0 aliphatic carbocycles. The van der Waals surface area contributed by atoms with E-state index in [0.29, 0.717) is 10.0 Å². The predicted octanol–water partition coefficient (Wildman–Crippen LogP) is 4.46. The summed E-state index contributed by atoms with van der Waals surface area (Å²) in [5, 5.41) is 1.81. The lowest BCUT2D eigenvalue weighted by Crippen LogP contribution is -1.94. The summed E-state index contributed by atoms with van der Waals surface area (Å²) in [5.41, 5.74) is 8.06. The molecule has 2 aromatic heterocycles. The molecule has 1 aromatic carbocycles. The number of benzene rings is 1. The predicted molar refractivity (Wildman–Crippen MR) is 87.7 cm³/mol. The van der Waals surface area contributed by atoms with Crippen LogP contribution in [-0.4, -0.2) is 15.0 Å². The van der Waals surface area contributed by atoms with Crippen molar-refractivity contribution in [1.82, 2.24) is 15.0 Å². The summed E-state index contributed by atoms with van der Waals surface area (Å²) in [5.74, 6) is 0.239. The third-order valence-corrected chi connectivity index (χ3v) is 4.92. The molecule has 0 atom stereocenters. The van der Waals surface area contributed by atoms with Crippen molar-refractivity contribution in [1.29, 1.82) is 0 Å². The van der Waals surface area contributed by atoms with Gasteiger partial charge in [-0.2, -0.15) is 0 Å². The van der Waals surface area contributed by atoms with Crippen LogP contribution in [0.1, 0.15) is 5.69 Å². The molecule has 3 aromatic rings.